The Morgan fingerprint density at radius 1 is 1.14 bits per heavy atom. The summed E-state index contributed by atoms with van der Waals surface area (Å²) >= 11 is 0. The van der Waals surface area contributed by atoms with Crippen LogP contribution in [0.15, 0.2) is 24.3 Å². The molecule has 2 aliphatic heterocycles. The van der Waals surface area contributed by atoms with Gasteiger partial charge in [-0.2, -0.15) is 9.97 Å². The van der Waals surface area contributed by atoms with E-state index in [1.54, 1.807) is 12.1 Å². The van der Waals surface area contributed by atoms with E-state index >= 15 is 0 Å². The van der Waals surface area contributed by atoms with Crippen molar-refractivity contribution < 1.29 is 28.9 Å². The van der Waals surface area contributed by atoms with E-state index in [0.29, 0.717) is 25.7 Å². The molecule has 2 aromatic rings. The molecule has 2 saturated heterocycles. The number of aliphatic carboxylic acids is 1. The molecule has 1 aromatic heterocycles. The van der Waals surface area contributed by atoms with Crippen LogP contribution in [0.2, 0.25) is 0 Å². The number of rotatable bonds is 9. The largest absolute Gasteiger partial charge is 0.481 e. The highest BCUT2D eigenvalue weighted by atomic mass is 16.6. The number of likely N-dealkylation sites (tertiary alicyclic amines) is 1. The van der Waals surface area contributed by atoms with Gasteiger partial charge in [-0.1, -0.05) is 24.3 Å². The molecular formula is C31H49N7O6. The van der Waals surface area contributed by atoms with E-state index in [0.717, 1.165) is 45.0 Å². The molecule has 244 valence electrons. The predicted octanol–water partition coefficient (Wildman–Crippen LogP) is 4.31. The summed E-state index contributed by atoms with van der Waals surface area (Å²) in [6, 6.07) is 8.46. The molecule has 13 heteroatoms. The standard InChI is InChI=1S/C29H45N7O4.C2H4O2/c1-20(23-11-15-38-16-12-23)39-27-32-25(31)24(30)26(33-27)36(34(5)28(37)40-29(2,3)4)19-22-10-8-9-21(17-22)18-35-13-6-7-14-35;1-2(3)4/h8-10,17,20,23H,6-7,11-16,18-19,30H2,1-5H3,(H2,31,32,33);1H3,(H,3,4). The summed E-state index contributed by atoms with van der Waals surface area (Å²) in [5.41, 5.74) is 14.4. The number of carboxylic acids is 1. The molecule has 5 N–H and O–H groups in total. The molecule has 2 fully saturated rings. The van der Waals surface area contributed by atoms with Crippen LogP contribution in [0.3, 0.4) is 0 Å². The average molecular weight is 616 g/mol. The van der Waals surface area contributed by atoms with E-state index in [4.69, 9.17) is 35.6 Å². The van der Waals surface area contributed by atoms with Gasteiger partial charge in [0.1, 0.15) is 17.4 Å². The zero-order valence-electron chi connectivity index (χ0n) is 26.9. The van der Waals surface area contributed by atoms with Crippen molar-refractivity contribution in [2.75, 3.05) is 49.8 Å². The molecule has 44 heavy (non-hydrogen) atoms. The molecule has 3 heterocycles. The first-order valence-electron chi connectivity index (χ1n) is 15.1. The molecule has 0 bridgehead atoms. The van der Waals surface area contributed by atoms with Gasteiger partial charge in [0, 0.05) is 39.6 Å². The second-order valence-corrected chi connectivity index (χ2v) is 12.3. The Hall–Kier alpha value is -3.84. The van der Waals surface area contributed by atoms with E-state index in [1.165, 1.54) is 23.4 Å². The number of ether oxygens (including phenoxy) is 3. The van der Waals surface area contributed by atoms with Gasteiger partial charge >= 0.3 is 12.1 Å². The first-order chi connectivity index (χ1) is 20.7. The molecule has 1 aromatic carbocycles. The maximum Gasteiger partial charge on any atom is 0.429 e. The molecule has 13 nitrogen and oxygen atoms in total. The van der Waals surface area contributed by atoms with E-state index in [-0.39, 0.29) is 29.4 Å². The van der Waals surface area contributed by atoms with Crippen LogP contribution in [-0.4, -0.2) is 82.1 Å². The van der Waals surface area contributed by atoms with Gasteiger partial charge in [-0.05, 0) is 77.6 Å². The topological polar surface area (TPSA) is 170 Å². The summed E-state index contributed by atoms with van der Waals surface area (Å²) in [6.45, 7) is 13.4. The number of anilines is 3. The predicted molar refractivity (Wildman–Crippen MR) is 169 cm³/mol. The van der Waals surface area contributed by atoms with Crippen molar-refractivity contribution in [2.24, 2.45) is 5.92 Å². The van der Waals surface area contributed by atoms with Crippen molar-refractivity contribution in [3.8, 4) is 6.01 Å². The van der Waals surface area contributed by atoms with Gasteiger partial charge < -0.3 is 30.8 Å². The summed E-state index contributed by atoms with van der Waals surface area (Å²) in [6.07, 6.45) is 3.59. The van der Waals surface area contributed by atoms with E-state index in [9.17, 15) is 4.79 Å². The fraction of sp³-hybridized carbons (Fsp3) is 0.613. The van der Waals surface area contributed by atoms with Gasteiger partial charge in [0.2, 0.25) is 0 Å². The third kappa shape index (κ3) is 10.7. The number of hydrazine groups is 1. The van der Waals surface area contributed by atoms with Crippen LogP contribution in [0, 0.1) is 5.92 Å². The highest BCUT2D eigenvalue weighted by Crippen LogP contribution is 2.32. The second kappa shape index (κ2) is 15.8. The number of nitrogen functional groups attached to an aromatic ring is 2. The molecule has 2 aliphatic rings. The molecule has 1 amide bonds. The highest BCUT2D eigenvalue weighted by Gasteiger charge is 2.29. The molecule has 0 radical (unpaired) electrons. The lowest BCUT2D eigenvalue weighted by atomic mass is 9.95. The lowest BCUT2D eigenvalue weighted by Crippen LogP contribution is -2.46. The van der Waals surface area contributed by atoms with Crippen molar-refractivity contribution in [2.45, 2.75) is 85.1 Å². The summed E-state index contributed by atoms with van der Waals surface area (Å²) in [5, 5.41) is 10.5. The summed E-state index contributed by atoms with van der Waals surface area (Å²) in [4.78, 5) is 33.7. The minimum atomic E-state index is -0.833. The number of hydrogen-bond acceptors (Lipinski definition) is 11. The summed E-state index contributed by atoms with van der Waals surface area (Å²) in [7, 11) is 1.63. The Labute approximate surface area is 260 Å². The fourth-order valence-electron chi connectivity index (χ4n) is 5.10. The van der Waals surface area contributed by atoms with E-state index in [1.807, 2.05) is 39.8 Å². The second-order valence-electron chi connectivity index (χ2n) is 12.3. The van der Waals surface area contributed by atoms with Crippen LogP contribution in [0.5, 0.6) is 6.01 Å². The third-order valence-electron chi connectivity index (χ3n) is 7.35. The Balaban J connectivity index is 0.00000124. The van der Waals surface area contributed by atoms with Crippen LogP contribution in [-0.2, 0) is 27.4 Å². The first kappa shape index (κ1) is 34.6. The number of amides is 1. The Bertz CT molecular complexity index is 1240. The van der Waals surface area contributed by atoms with Gasteiger partial charge in [-0.3, -0.25) is 14.7 Å². The van der Waals surface area contributed by atoms with Crippen LogP contribution >= 0.6 is 0 Å². The van der Waals surface area contributed by atoms with Crippen molar-refractivity contribution in [1.29, 1.82) is 0 Å². The van der Waals surface area contributed by atoms with Gasteiger partial charge in [-0.25, -0.2) is 9.80 Å². The average Bonchev–Trinajstić information content (AvgIpc) is 3.46. The van der Waals surface area contributed by atoms with Gasteiger partial charge in [0.15, 0.2) is 11.6 Å². The fourth-order valence-corrected chi connectivity index (χ4v) is 5.10. The quantitative estimate of drug-likeness (QED) is 0.342. The van der Waals surface area contributed by atoms with Crippen LogP contribution in [0.25, 0.3) is 0 Å². The first-order valence-corrected chi connectivity index (χ1v) is 15.1. The minimum Gasteiger partial charge on any atom is -0.481 e. The summed E-state index contributed by atoms with van der Waals surface area (Å²) < 4.78 is 17.3. The number of carboxylic acid groups (broad SMARTS) is 1. The number of nitrogens with zero attached hydrogens (tertiary/aromatic N) is 5. The molecule has 1 unspecified atom stereocenters. The smallest absolute Gasteiger partial charge is 0.429 e. The number of carbonyl (C=O) groups is 2. The Morgan fingerprint density at radius 3 is 2.36 bits per heavy atom. The van der Waals surface area contributed by atoms with Crippen LogP contribution in [0.1, 0.15) is 71.4 Å². The number of aromatic nitrogens is 2. The molecular weight excluding hydrogens is 566 g/mol. The van der Waals surface area contributed by atoms with Crippen molar-refractivity contribution in [3.05, 3.63) is 35.4 Å². The molecule has 0 saturated carbocycles. The van der Waals surface area contributed by atoms with Crippen LogP contribution < -0.4 is 21.2 Å². The van der Waals surface area contributed by atoms with Crippen molar-refractivity contribution in [3.63, 3.8) is 0 Å². The zero-order valence-corrected chi connectivity index (χ0v) is 26.9. The SMILES string of the molecule is CC(=O)O.CC(Oc1nc(N)c(N)c(N(Cc2cccc(CN3CCCC3)c2)N(C)C(=O)OC(C)(C)C)n1)C1CCOCC1. The zero-order chi connectivity index (χ0) is 32.4. The van der Waals surface area contributed by atoms with Gasteiger partial charge in [-0.15, -0.1) is 0 Å². The van der Waals surface area contributed by atoms with E-state index in [2.05, 4.69) is 27.0 Å². The Kier molecular flexibility index (Phi) is 12.4. The molecule has 0 spiro atoms. The molecule has 0 aliphatic carbocycles. The summed E-state index contributed by atoms with van der Waals surface area (Å²) in [5.74, 6) is -0.150. The van der Waals surface area contributed by atoms with Gasteiger partial charge in [0.05, 0.1) is 6.54 Å². The number of benzene rings is 1. The van der Waals surface area contributed by atoms with Crippen LogP contribution in [0.4, 0.5) is 22.1 Å². The maximum absolute atomic E-state index is 13.2. The van der Waals surface area contributed by atoms with E-state index < -0.39 is 17.7 Å². The number of nitrogens with two attached hydrogens (primary N) is 2. The lowest BCUT2D eigenvalue weighted by molar-refractivity contribution is -0.134. The van der Waals surface area contributed by atoms with Gasteiger partial charge in [0.25, 0.3) is 5.97 Å². The molecule has 4 rings (SSSR count). The number of carbonyl (C=O) groups excluding carboxylic acids is 1. The highest BCUT2D eigenvalue weighted by molar-refractivity contribution is 5.77. The normalized spacial score (nSPS) is 16.4. The molecule has 1 atom stereocenters. The third-order valence-corrected chi connectivity index (χ3v) is 7.35. The lowest BCUT2D eigenvalue weighted by Gasteiger charge is -2.35. The monoisotopic (exact) mass is 615 g/mol. The Morgan fingerprint density at radius 2 is 1.75 bits per heavy atom. The minimum absolute atomic E-state index is 0.0875. The maximum atomic E-state index is 13.2. The number of hydrogen-bond donors (Lipinski definition) is 3. The van der Waals surface area contributed by atoms with Crippen molar-refractivity contribution in [1.82, 2.24) is 19.9 Å². The van der Waals surface area contributed by atoms with Crippen molar-refractivity contribution >= 4 is 29.4 Å².